The van der Waals surface area contributed by atoms with Crippen LogP contribution in [-0.4, -0.2) is 47.4 Å². The zero-order chi connectivity index (χ0) is 14.9. The molecule has 0 aromatic carbocycles. The lowest BCUT2D eigenvalue weighted by molar-refractivity contribution is 0.145. The van der Waals surface area contributed by atoms with Crippen LogP contribution in [0.2, 0.25) is 0 Å². The van der Waals surface area contributed by atoms with Gasteiger partial charge < -0.3 is 15.4 Å². The lowest BCUT2D eigenvalue weighted by atomic mass is 10.4. The fraction of sp³-hybridized carbons (Fsp3) is 0.500. The van der Waals surface area contributed by atoms with Crippen molar-refractivity contribution in [3.63, 3.8) is 0 Å². The fourth-order valence-electron chi connectivity index (χ4n) is 1.92. The Morgan fingerprint density at radius 1 is 1.33 bits per heavy atom. The Balaban J connectivity index is 1.80. The molecule has 7 heteroatoms. The van der Waals surface area contributed by atoms with Crippen molar-refractivity contribution in [2.24, 2.45) is 4.99 Å². The zero-order valence-electron chi connectivity index (χ0n) is 12.5. The van der Waals surface area contributed by atoms with Crippen molar-refractivity contribution in [2.45, 2.75) is 19.9 Å². The molecule has 0 aliphatic carbocycles. The van der Waals surface area contributed by atoms with E-state index >= 15 is 0 Å². The molecule has 0 amide bonds. The molecule has 2 rings (SSSR count). The van der Waals surface area contributed by atoms with Gasteiger partial charge in [0.2, 0.25) is 0 Å². The molecule has 2 aromatic heterocycles. The highest BCUT2D eigenvalue weighted by atomic mass is 16.5. The summed E-state index contributed by atoms with van der Waals surface area (Å²) in [6.45, 7) is 4.90. The predicted molar refractivity (Wildman–Crippen MR) is 82.3 cm³/mol. The number of rotatable bonds is 7. The number of ether oxygens (including phenoxy) is 1. The summed E-state index contributed by atoms with van der Waals surface area (Å²) >= 11 is 0. The molecule has 0 spiro atoms. The first-order valence-corrected chi connectivity index (χ1v) is 7.16. The van der Waals surface area contributed by atoms with E-state index in [9.17, 15) is 0 Å². The third-order valence-electron chi connectivity index (χ3n) is 2.98. The maximum atomic E-state index is 5.29. The first-order chi connectivity index (χ1) is 10.3. The third kappa shape index (κ3) is 4.42. The standard InChI is InChI=1S/C14H22N6O/c1-3-21-10-6-8-16-14(15-2)17-11-13-19-18-12-7-4-5-9-20(12)13/h4-5,7,9H,3,6,8,10-11H2,1-2H3,(H2,15,16,17). The van der Waals surface area contributed by atoms with Gasteiger partial charge in [-0.05, 0) is 25.5 Å². The van der Waals surface area contributed by atoms with Gasteiger partial charge in [-0.15, -0.1) is 10.2 Å². The molecular weight excluding hydrogens is 268 g/mol. The molecule has 0 atom stereocenters. The quantitative estimate of drug-likeness (QED) is 0.448. The number of fused-ring (bicyclic) bond motifs is 1. The number of aromatic nitrogens is 3. The van der Waals surface area contributed by atoms with Gasteiger partial charge in [-0.3, -0.25) is 9.39 Å². The molecule has 0 bridgehead atoms. The number of nitrogens with one attached hydrogen (secondary N) is 2. The van der Waals surface area contributed by atoms with Gasteiger partial charge in [0.25, 0.3) is 0 Å². The maximum absolute atomic E-state index is 5.29. The first-order valence-electron chi connectivity index (χ1n) is 7.16. The average molecular weight is 290 g/mol. The highest BCUT2D eigenvalue weighted by Crippen LogP contribution is 2.02. The fourth-order valence-corrected chi connectivity index (χ4v) is 1.92. The molecule has 2 heterocycles. The van der Waals surface area contributed by atoms with Crippen molar-refractivity contribution < 1.29 is 4.74 Å². The van der Waals surface area contributed by atoms with Gasteiger partial charge in [-0.25, -0.2) is 0 Å². The van der Waals surface area contributed by atoms with Crippen molar-refractivity contribution >= 4 is 11.6 Å². The van der Waals surface area contributed by atoms with Crippen molar-refractivity contribution in [2.75, 3.05) is 26.8 Å². The Hall–Kier alpha value is -2.15. The van der Waals surface area contributed by atoms with Crippen LogP contribution in [0, 0.1) is 0 Å². The smallest absolute Gasteiger partial charge is 0.191 e. The summed E-state index contributed by atoms with van der Waals surface area (Å²) in [6.07, 6.45) is 2.90. The van der Waals surface area contributed by atoms with Crippen LogP contribution in [0.25, 0.3) is 5.65 Å². The summed E-state index contributed by atoms with van der Waals surface area (Å²) < 4.78 is 7.25. The Labute approximate surface area is 124 Å². The van der Waals surface area contributed by atoms with Crippen molar-refractivity contribution in [3.8, 4) is 0 Å². The largest absolute Gasteiger partial charge is 0.382 e. The Bertz CT molecular complexity index is 580. The second-order valence-electron chi connectivity index (χ2n) is 4.45. The minimum Gasteiger partial charge on any atom is -0.382 e. The molecule has 2 aromatic rings. The normalized spacial score (nSPS) is 11.8. The molecule has 2 N–H and O–H groups in total. The molecule has 7 nitrogen and oxygen atoms in total. The van der Waals surface area contributed by atoms with E-state index in [1.165, 1.54) is 0 Å². The number of aliphatic imine (C=N–C) groups is 1. The Morgan fingerprint density at radius 3 is 3.05 bits per heavy atom. The summed E-state index contributed by atoms with van der Waals surface area (Å²) in [4.78, 5) is 4.18. The maximum Gasteiger partial charge on any atom is 0.191 e. The SMILES string of the molecule is CCOCCCNC(=NC)NCc1nnc2ccccn12. The Morgan fingerprint density at radius 2 is 2.24 bits per heavy atom. The summed E-state index contributed by atoms with van der Waals surface area (Å²) in [5, 5.41) is 14.8. The summed E-state index contributed by atoms with van der Waals surface area (Å²) in [7, 11) is 1.75. The first kappa shape index (κ1) is 15.2. The zero-order valence-corrected chi connectivity index (χ0v) is 12.5. The molecule has 0 fully saturated rings. The van der Waals surface area contributed by atoms with E-state index in [0.717, 1.165) is 43.6 Å². The van der Waals surface area contributed by atoms with Gasteiger partial charge in [0.15, 0.2) is 17.4 Å². The monoisotopic (exact) mass is 290 g/mol. The second kappa shape index (κ2) is 8.21. The summed E-state index contributed by atoms with van der Waals surface area (Å²) in [6, 6.07) is 5.83. The van der Waals surface area contributed by atoms with Crippen molar-refractivity contribution in [1.29, 1.82) is 0 Å². The van der Waals surface area contributed by atoms with E-state index in [1.807, 2.05) is 35.7 Å². The van der Waals surface area contributed by atoms with Gasteiger partial charge in [-0.1, -0.05) is 6.07 Å². The number of pyridine rings is 1. The van der Waals surface area contributed by atoms with Gasteiger partial charge in [-0.2, -0.15) is 0 Å². The average Bonchev–Trinajstić information content (AvgIpc) is 2.93. The van der Waals surface area contributed by atoms with Gasteiger partial charge in [0, 0.05) is 33.0 Å². The van der Waals surface area contributed by atoms with Crippen LogP contribution >= 0.6 is 0 Å². The third-order valence-corrected chi connectivity index (χ3v) is 2.98. The van der Waals surface area contributed by atoms with E-state index in [0.29, 0.717) is 6.54 Å². The minimum atomic E-state index is 0.566. The van der Waals surface area contributed by atoms with E-state index in [2.05, 4.69) is 25.8 Å². The molecule has 0 saturated carbocycles. The summed E-state index contributed by atoms with van der Waals surface area (Å²) in [5.74, 6) is 1.60. The number of hydrogen-bond acceptors (Lipinski definition) is 4. The molecule has 0 aliphatic heterocycles. The van der Waals surface area contributed by atoms with Gasteiger partial charge in [0.1, 0.15) is 0 Å². The minimum absolute atomic E-state index is 0.566. The number of hydrogen-bond donors (Lipinski definition) is 2. The van der Waals surface area contributed by atoms with Crippen LogP contribution in [0.4, 0.5) is 0 Å². The van der Waals surface area contributed by atoms with Crippen LogP contribution in [-0.2, 0) is 11.3 Å². The molecule has 0 aliphatic rings. The van der Waals surface area contributed by atoms with Gasteiger partial charge >= 0.3 is 0 Å². The lowest BCUT2D eigenvalue weighted by Gasteiger charge is -2.11. The molecule has 0 saturated heterocycles. The second-order valence-corrected chi connectivity index (χ2v) is 4.45. The van der Waals surface area contributed by atoms with Crippen LogP contribution < -0.4 is 10.6 Å². The number of nitrogens with zero attached hydrogens (tertiary/aromatic N) is 4. The highest BCUT2D eigenvalue weighted by Gasteiger charge is 2.05. The Kier molecular flexibility index (Phi) is 5.96. The molecule has 0 unspecified atom stereocenters. The predicted octanol–water partition coefficient (Wildman–Crippen LogP) is 0.821. The van der Waals surface area contributed by atoms with Crippen LogP contribution in [0.5, 0.6) is 0 Å². The topological polar surface area (TPSA) is 75.8 Å². The molecular formula is C14H22N6O. The van der Waals surface area contributed by atoms with Crippen LogP contribution in [0.3, 0.4) is 0 Å². The number of guanidine groups is 1. The van der Waals surface area contributed by atoms with E-state index in [4.69, 9.17) is 4.74 Å². The lowest BCUT2D eigenvalue weighted by Crippen LogP contribution is -2.38. The van der Waals surface area contributed by atoms with Gasteiger partial charge in [0.05, 0.1) is 6.54 Å². The summed E-state index contributed by atoms with van der Waals surface area (Å²) in [5.41, 5.74) is 0.842. The van der Waals surface area contributed by atoms with Crippen molar-refractivity contribution in [1.82, 2.24) is 25.2 Å². The molecule has 21 heavy (non-hydrogen) atoms. The van der Waals surface area contributed by atoms with E-state index in [1.54, 1.807) is 7.05 Å². The molecule has 114 valence electrons. The van der Waals surface area contributed by atoms with E-state index < -0.39 is 0 Å². The molecule has 0 radical (unpaired) electrons. The van der Waals surface area contributed by atoms with Crippen LogP contribution in [0.1, 0.15) is 19.2 Å². The highest BCUT2D eigenvalue weighted by molar-refractivity contribution is 5.79. The van der Waals surface area contributed by atoms with E-state index in [-0.39, 0.29) is 0 Å². The van der Waals surface area contributed by atoms with Crippen LogP contribution in [0.15, 0.2) is 29.4 Å². The van der Waals surface area contributed by atoms with Crippen molar-refractivity contribution in [3.05, 3.63) is 30.2 Å².